The van der Waals surface area contributed by atoms with E-state index in [0.29, 0.717) is 12.5 Å². The minimum Gasteiger partial charge on any atom is -0.352 e. The first-order valence-electron chi connectivity index (χ1n) is 7.54. The Morgan fingerprint density at radius 2 is 1.84 bits per heavy atom. The number of nitrogens with zero attached hydrogens (tertiary/aromatic N) is 1. The Hall–Kier alpha value is -1.65. The van der Waals surface area contributed by atoms with Gasteiger partial charge in [0.25, 0.3) is 0 Å². The van der Waals surface area contributed by atoms with Crippen molar-refractivity contribution in [1.82, 2.24) is 10.6 Å². The zero-order chi connectivity index (χ0) is 17.6. The summed E-state index contributed by atoms with van der Waals surface area (Å²) in [5, 5.41) is 11.6. The van der Waals surface area contributed by atoms with Gasteiger partial charge in [-0.1, -0.05) is 42.5 Å². The van der Waals surface area contributed by atoms with Gasteiger partial charge in [-0.15, -0.1) is 24.0 Å². The smallest absolute Gasteiger partial charge is 0.238 e. The molecule has 4 N–H and O–H groups in total. The predicted molar refractivity (Wildman–Crippen MR) is 111 cm³/mol. The van der Waals surface area contributed by atoms with Gasteiger partial charge in [0.2, 0.25) is 10.0 Å². The minimum atomic E-state index is -3.70. The Bertz CT molecular complexity index is 810. The van der Waals surface area contributed by atoms with Crippen LogP contribution in [0, 0.1) is 0 Å². The Balaban J connectivity index is 0.00000312. The van der Waals surface area contributed by atoms with Crippen LogP contribution in [0.4, 0.5) is 0 Å². The maximum Gasteiger partial charge on any atom is 0.238 e. The van der Waals surface area contributed by atoms with Crippen molar-refractivity contribution in [3.63, 3.8) is 0 Å². The highest BCUT2D eigenvalue weighted by atomic mass is 127. The van der Waals surface area contributed by atoms with Crippen molar-refractivity contribution in [2.75, 3.05) is 7.05 Å². The monoisotopic (exact) mass is 474 g/mol. The van der Waals surface area contributed by atoms with E-state index >= 15 is 0 Å². The Labute approximate surface area is 166 Å². The lowest BCUT2D eigenvalue weighted by Crippen LogP contribution is -2.38. The highest BCUT2D eigenvalue weighted by Crippen LogP contribution is 2.11. The number of sulfonamides is 1. The second kappa shape index (κ2) is 9.73. The molecule has 0 bridgehead atoms. The van der Waals surface area contributed by atoms with Gasteiger partial charge in [0.15, 0.2) is 5.96 Å². The van der Waals surface area contributed by atoms with Gasteiger partial charge >= 0.3 is 0 Å². The third kappa shape index (κ3) is 6.63. The van der Waals surface area contributed by atoms with Crippen molar-refractivity contribution in [2.24, 2.45) is 10.1 Å². The summed E-state index contributed by atoms with van der Waals surface area (Å²) in [5.74, 6) is 0.632. The Morgan fingerprint density at radius 3 is 2.44 bits per heavy atom. The minimum absolute atomic E-state index is 0. The molecule has 0 spiro atoms. The van der Waals surface area contributed by atoms with Crippen LogP contribution in [0.5, 0.6) is 0 Å². The number of rotatable bonds is 5. The molecule has 0 amide bonds. The fourth-order valence-electron chi connectivity index (χ4n) is 2.24. The van der Waals surface area contributed by atoms with Gasteiger partial charge in [0.1, 0.15) is 0 Å². The molecule has 2 rings (SSSR count). The first-order chi connectivity index (χ1) is 11.4. The topological polar surface area (TPSA) is 96.6 Å². The van der Waals surface area contributed by atoms with Crippen molar-refractivity contribution in [1.29, 1.82) is 0 Å². The number of nitrogens with two attached hydrogens (primary N) is 1. The molecule has 1 atom stereocenters. The lowest BCUT2D eigenvalue weighted by molar-refractivity contribution is 0.597. The highest BCUT2D eigenvalue weighted by Gasteiger charge is 2.09. The molecule has 25 heavy (non-hydrogen) atoms. The Kier molecular flexibility index (Phi) is 8.33. The molecule has 0 heterocycles. The molecule has 0 fully saturated rings. The first-order valence-corrected chi connectivity index (χ1v) is 9.08. The third-order valence-electron chi connectivity index (χ3n) is 3.56. The van der Waals surface area contributed by atoms with Crippen LogP contribution in [-0.2, 0) is 16.6 Å². The average molecular weight is 474 g/mol. The summed E-state index contributed by atoms with van der Waals surface area (Å²) >= 11 is 0. The summed E-state index contributed by atoms with van der Waals surface area (Å²) in [4.78, 5) is 4.29. The first kappa shape index (κ1) is 21.4. The van der Waals surface area contributed by atoms with Crippen LogP contribution in [0.3, 0.4) is 0 Å². The van der Waals surface area contributed by atoms with Gasteiger partial charge in [-0.25, -0.2) is 13.6 Å². The molecule has 0 radical (unpaired) electrons. The summed E-state index contributed by atoms with van der Waals surface area (Å²) in [7, 11) is -2.01. The fraction of sp³-hybridized carbons (Fsp3) is 0.235. The third-order valence-corrected chi connectivity index (χ3v) is 4.47. The number of hydrogen-bond acceptors (Lipinski definition) is 3. The van der Waals surface area contributed by atoms with Crippen LogP contribution in [0.1, 0.15) is 24.1 Å². The van der Waals surface area contributed by atoms with Crippen LogP contribution < -0.4 is 15.8 Å². The number of nitrogens with one attached hydrogen (secondary N) is 2. The van der Waals surface area contributed by atoms with Crippen LogP contribution in [0.15, 0.2) is 64.5 Å². The lowest BCUT2D eigenvalue weighted by atomic mass is 10.1. The summed E-state index contributed by atoms with van der Waals surface area (Å²) in [6, 6.07) is 16.6. The predicted octanol–water partition coefficient (Wildman–Crippen LogP) is 2.38. The van der Waals surface area contributed by atoms with Gasteiger partial charge in [-0.2, -0.15) is 0 Å². The van der Waals surface area contributed by atoms with E-state index in [4.69, 9.17) is 5.14 Å². The lowest BCUT2D eigenvalue weighted by Gasteiger charge is -2.18. The van der Waals surface area contributed by atoms with Crippen molar-refractivity contribution >= 4 is 40.0 Å². The van der Waals surface area contributed by atoms with Gasteiger partial charge in [0, 0.05) is 13.6 Å². The summed E-state index contributed by atoms with van der Waals surface area (Å²) in [5.41, 5.74) is 1.95. The number of hydrogen-bond donors (Lipinski definition) is 3. The van der Waals surface area contributed by atoms with E-state index in [9.17, 15) is 8.42 Å². The van der Waals surface area contributed by atoms with E-state index in [0.717, 1.165) is 11.1 Å². The molecule has 0 saturated heterocycles. The Morgan fingerprint density at radius 1 is 1.16 bits per heavy atom. The van der Waals surface area contributed by atoms with E-state index < -0.39 is 10.0 Å². The molecule has 8 heteroatoms. The number of halogens is 1. The average Bonchev–Trinajstić information content (AvgIpc) is 2.58. The molecule has 0 aliphatic heterocycles. The van der Waals surface area contributed by atoms with Gasteiger partial charge in [0.05, 0.1) is 10.9 Å². The molecule has 0 aliphatic carbocycles. The molecule has 6 nitrogen and oxygen atoms in total. The molecule has 0 aliphatic rings. The van der Waals surface area contributed by atoms with Crippen molar-refractivity contribution < 1.29 is 8.42 Å². The molecule has 2 aromatic rings. The SMILES string of the molecule is CN=C(NCc1cccc(S(N)(=O)=O)c1)NC(C)c1ccccc1.I. The molecule has 0 saturated carbocycles. The zero-order valence-corrected chi connectivity index (χ0v) is 17.3. The molecule has 136 valence electrons. The maximum atomic E-state index is 11.4. The standard InChI is InChI=1S/C17H22N4O2S.HI/c1-13(15-8-4-3-5-9-15)21-17(19-2)20-12-14-7-6-10-16(11-14)24(18,22)23;/h3-11,13H,12H2,1-2H3,(H2,18,22,23)(H2,19,20,21);1H. The summed E-state index contributed by atoms with van der Waals surface area (Å²) in [6.07, 6.45) is 0. The summed E-state index contributed by atoms with van der Waals surface area (Å²) in [6.45, 7) is 2.48. The second-order valence-electron chi connectivity index (χ2n) is 5.39. The molecule has 1 unspecified atom stereocenters. The van der Waals surface area contributed by atoms with Gasteiger partial charge in [-0.3, -0.25) is 4.99 Å². The molecular weight excluding hydrogens is 451 g/mol. The second-order valence-corrected chi connectivity index (χ2v) is 6.96. The van der Waals surface area contributed by atoms with E-state index in [1.165, 1.54) is 6.07 Å². The van der Waals surface area contributed by atoms with Crippen LogP contribution >= 0.6 is 24.0 Å². The van der Waals surface area contributed by atoms with Crippen LogP contribution in [0.2, 0.25) is 0 Å². The van der Waals surface area contributed by atoms with E-state index in [2.05, 4.69) is 15.6 Å². The number of primary sulfonamides is 1. The van der Waals surface area contributed by atoms with Crippen molar-refractivity contribution in [3.05, 3.63) is 65.7 Å². The normalized spacial score (nSPS) is 12.8. The van der Waals surface area contributed by atoms with E-state index in [-0.39, 0.29) is 34.9 Å². The van der Waals surface area contributed by atoms with Crippen molar-refractivity contribution in [2.45, 2.75) is 24.4 Å². The summed E-state index contributed by atoms with van der Waals surface area (Å²) < 4.78 is 22.8. The van der Waals surface area contributed by atoms with Gasteiger partial charge < -0.3 is 10.6 Å². The largest absolute Gasteiger partial charge is 0.352 e. The van der Waals surface area contributed by atoms with Gasteiger partial charge in [-0.05, 0) is 30.2 Å². The van der Waals surface area contributed by atoms with Crippen LogP contribution in [-0.4, -0.2) is 21.4 Å². The quantitative estimate of drug-likeness (QED) is 0.352. The fourth-order valence-corrected chi connectivity index (χ4v) is 2.83. The maximum absolute atomic E-state index is 11.4. The zero-order valence-electron chi connectivity index (χ0n) is 14.1. The van der Waals surface area contributed by atoms with Crippen molar-refractivity contribution in [3.8, 4) is 0 Å². The number of guanidine groups is 1. The number of aliphatic imine (C=N–C) groups is 1. The van der Waals surface area contributed by atoms with E-state index in [1.807, 2.05) is 43.3 Å². The van der Waals surface area contributed by atoms with Crippen LogP contribution in [0.25, 0.3) is 0 Å². The number of benzene rings is 2. The highest BCUT2D eigenvalue weighted by molar-refractivity contribution is 14.0. The molecular formula is C17H23IN4O2S. The molecule has 0 aromatic heterocycles. The van der Waals surface area contributed by atoms with E-state index in [1.54, 1.807) is 19.2 Å². The molecule has 2 aromatic carbocycles.